The van der Waals surface area contributed by atoms with E-state index in [1.807, 2.05) is 37.3 Å². The molecule has 1 unspecified atom stereocenters. The van der Waals surface area contributed by atoms with E-state index in [1.54, 1.807) is 0 Å². The monoisotopic (exact) mass is 297 g/mol. The molecule has 0 aliphatic carbocycles. The van der Waals surface area contributed by atoms with Crippen molar-refractivity contribution in [2.75, 3.05) is 13.1 Å². The van der Waals surface area contributed by atoms with Crippen molar-refractivity contribution in [2.24, 2.45) is 0 Å². The van der Waals surface area contributed by atoms with Gasteiger partial charge in [-0.1, -0.05) is 17.3 Å². The molecular weight excluding hydrogens is 278 g/mol. The SMILES string of the molecule is Cc1cc(CN2CCCC(c3nc4ccccc4o3)C2)on1. The fraction of sp³-hybridized carbons (Fsp3) is 0.412. The molecule has 1 saturated heterocycles. The van der Waals surface area contributed by atoms with Crippen LogP contribution in [0.3, 0.4) is 0 Å². The van der Waals surface area contributed by atoms with Crippen molar-refractivity contribution >= 4 is 11.1 Å². The predicted octanol–water partition coefficient (Wildman–Crippen LogP) is 3.50. The van der Waals surface area contributed by atoms with Gasteiger partial charge < -0.3 is 8.94 Å². The molecule has 0 N–H and O–H groups in total. The normalized spacial score (nSPS) is 19.8. The van der Waals surface area contributed by atoms with Crippen LogP contribution < -0.4 is 0 Å². The molecule has 0 amide bonds. The van der Waals surface area contributed by atoms with Crippen molar-refractivity contribution in [1.82, 2.24) is 15.0 Å². The first kappa shape index (κ1) is 13.5. The largest absolute Gasteiger partial charge is 0.440 e. The molecule has 22 heavy (non-hydrogen) atoms. The Labute approximate surface area is 128 Å². The molecule has 5 heteroatoms. The van der Waals surface area contributed by atoms with Gasteiger partial charge in [0.25, 0.3) is 0 Å². The van der Waals surface area contributed by atoms with Crippen LogP contribution in [0.5, 0.6) is 0 Å². The zero-order valence-corrected chi connectivity index (χ0v) is 12.7. The quantitative estimate of drug-likeness (QED) is 0.740. The summed E-state index contributed by atoms with van der Waals surface area (Å²) >= 11 is 0. The first-order chi connectivity index (χ1) is 10.8. The van der Waals surface area contributed by atoms with Gasteiger partial charge in [-0.2, -0.15) is 0 Å². The lowest BCUT2D eigenvalue weighted by molar-refractivity contribution is 0.170. The number of likely N-dealkylation sites (tertiary alicyclic amines) is 1. The molecule has 1 atom stereocenters. The maximum Gasteiger partial charge on any atom is 0.199 e. The summed E-state index contributed by atoms with van der Waals surface area (Å²) in [5.74, 6) is 2.14. The van der Waals surface area contributed by atoms with Gasteiger partial charge in [-0.05, 0) is 38.4 Å². The van der Waals surface area contributed by atoms with Gasteiger partial charge in [0.2, 0.25) is 0 Å². The van der Waals surface area contributed by atoms with E-state index in [4.69, 9.17) is 8.94 Å². The highest BCUT2D eigenvalue weighted by Crippen LogP contribution is 2.29. The molecule has 0 radical (unpaired) electrons. The number of hydrogen-bond donors (Lipinski definition) is 0. The summed E-state index contributed by atoms with van der Waals surface area (Å²) in [4.78, 5) is 7.04. The molecule has 5 nitrogen and oxygen atoms in total. The minimum Gasteiger partial charge on any atom is -0.440 e. The van der Waals surface area contributed by atoms with Crippen molar-refractivity contribution in [1.29, 1.82) is 0 Å². The van der Waals surface area contributed by atoms with E-state index in [1.165, 1.54) is 0 Å². The zero-order valence-electron chi connectivity index (χ0n) is 12.7. The van der Waals surface area contributed by atoms with E-state index in [2.05, 4.69) is 15.0 Å². The Kier molecular flexibility index (Phi) is 3.42. The van der Waals surface area contributed by atoms with Crippen LogP contribution in [0.15, 0.2) is 39.3 Å². The number of rotatable bonds is 3. The lowest BCUT2D eigenvalue weighted by Crippen LogP contribution is -2.33. The van der Waals surface area contributed by atoms with E-state index >= 15 is 0 Å². The van der Waals surface area contributed by atoms with Crippen molar-refractivity contribution in [2.45, 2.75) is 32.2 Å². The smallest absolute Gasteiger partial charge is 0.199 e. The second kappa shape index (κ2) is 5.57. The summed E-state index contributed by atoms with van der Waals surface area (Å²) in [6.07, 6.45) is 2.27. The highest BCUT2D eigenvalue weighted by atomic mass is 16.5. The Balaban J connectivity index is 1.50. The molecule has 114 valence electrons. The molecule has 1 fully saturated rings. The van der Waals surface area contributed by atoms with Gasteiger partial charge in [0, 0.05) is 18.5 Å². The van der Waals surface area contributed by atoms with Gasteiger partial charge in [-0.15, -0.1) is 0 Å². The minimum absolute atomic E-state index is 0.352. The maximum atomic E-state index is 5.94. The van der Waals surface area contributed by atoms with Gasteiger partial charge in [-0.25, -0.2) is 4.98 Å². The number of hydrogen-bond acceptors (Lipinski definition) is 5. The van der Waals surface area contributed by atoms with Crippen LogP contribution in [0.4, 0.5) is 0 Å². The number of fused-ring (bicyclic) bond motifs is 1. The Bertz CT molecular complexity index is 744. The van der Waals surface area contributed by atoms with Gasteiger partial charge in [-0.3, -0.25) is 4.90 Å². The number of nitrogens with zero attached hydrogens (tertiary/aromatic N) is 3. The first-order valence-corrected chi connectivity index (χ1v) is 7.78. The van der Waals surface area contributed by atoms with E-state index in [9.17, 15) is 0 Å². The lowest BCUT2D eigenvalue weighted by atomic mass is 9.98. The summed E-state index contributed by atoms with van der Waals surface area (Å²) in [7, 11) is 0. The van der Waals surface area contributed by atoms with E-state index in [0.717, 1.165) is 60.9 Å². The van der Waals surface area contributed by atoms with Gasteiger partial charge in [0.15, 0.2) is 17.2 Å². The molecule has 0 spiro atoms. The summed E-state index contributed by atoms with van der Waals surface area (Å²) < 4.78 is 11.3. The van der Waals surface area contributed by atoms with Crippen LogP contribution in [-0.4, -0.2) is 28.1 Å². The van der Waals surface area contributed by atoms with Crippen LogP contribution in [0.25, 0.3) is 11.1 Å². The molecule has 4 rings (SSSR count). The van der Waals surface area contributed by atoms with Crippen LogP contribution in [0.1, 0.15) is 36.1 Å². The molecular formula is C17H19N3O2. The van der Waals surface area contributed by atoms with Gasteiger partial charge in [0.05, 0.1) is 12.2 Å². The average molecular weight is 297 g/mol. The van der Waals surface area contributed by atoms with Gasteiger partial charge >= 0.3 is 0 Å². The van der Waals surface area contributed by atoms with Crippen LogP contribution >= 0.6 is 0 Å². The molecule has 0 saturated carbocycles. The zero-order chi connectivity index (χ0) is 14.9. The van der Waals surface area contributed by atoms with Crippen molar-refractivity contribution in [3.63, 3.8) is 0 Å². The minimum atomic E-state index is 0.352. The van der Waals surface area contributed by atoms with Crippen LogP contribution in [-0.2, 0) is 6.54 Å². The molecule has 3 aromatic rings. The number of benzene rings is 1. The Morgan fingerprint density at radius 1 is 1.32 bits per heavy atom. The first-order valence-electron chi connectivity index (χ1n) is 7.78. The highest BCUT2D eigenvalue weighted by molar-refractivity contribution is 5.72. The Hall–Kier alpha value is -2.14. The van der Waals surface area contributed by atoms with Gasteiger partial charge in [0.1, 0.15) is 5.52 Å². The molecule has 1 aliphatic heterocycles. The highest BCUT2D eigenvalue weighted by Gasteiger charge is 2.26. The number of piperidine rings is 1. The molecule has 1 aliphatic rings. The topological polar surface area (TPSA) is 55.3 Å². The van der Waals surface area contributed by atoms with Crippen LogP contribution in [0, 0.1) is 6.92 Å². The average Bonchev–Trinajstić information content (AvgIpc) is 3.13. The third kappa shape index (κ3) is 2.64. The van der Waals surface area contributed by atoms with E-state index in [-0.39, 0.29) is 0 Å². The Morgan fingerprint density at radius 2 is 2.23 bits per heavy atom. The second-order valence-corrected chi connectivity index (χ2v) is 6.03. The van der Waals surface area contributed by atoms with Crippen molar-refractivity contribution < 1.29 is 8.94 Å². The lowest BCUT2D eigenvalue weighted by Gasteiger charge is -2.30. The summed E-state index contributed by atoms with van der Waals surface area (Å²) in [5, 5.41) is 3.96. The van der Waals surface area contributed by atoms with Crippen molar-refractivity contribution in [3.8, 4) is 0 Å². The van der Waals surface area contributed by atoms with Crippen LogP contribution in [0.2, 0.25) is 0 Å². The summed E-state index contributed by atoms with van der Waals surface area (Å²) in [5.41, 5.74) is 2.75. The van der Waals surface area contributed by atoms with Crippen molar-refractivity contribution in [3.05, 3.63) is 47.7 Å². The van der Waals surface area contributed by atoms with E-state index < -0.39 is 0 Å². The number of aromatic nitrogens is 2. The predicted molar refractivity (Wildman–Crippen MR) is 82.5 cm³/mol. The third-order valence-corrected chi connectivity index (χ3v) is 4.22. The molecule has 0 bridgehead atoms. The number of para-hydroxylation sites is 2. The Morgan fingerprint density at radius 3 is 3.05 bits per heavy atom. The fourth-order valence-corrected chi connectivity index (χ4v) is 3.18. The second-order valence-electron chi connectivity index (χ2n) is 6.03. The number of aryl methyl sites for hydroxylation is 1. The fourth-order valence-electron chi connectivity index (χ4n) is 3.18. The maximum absolute atomic E-state index is 5.94. The molecule has 2 aromatic heterocycles. The molecule has 3 heterocycles. The molecule has 1 aromatic carbocycles. The standard InChI is InChI=1S/C17H19N3O2/c1-12-9-14(22-19-12)11-20-8-4-5-13(10-20)17-18-15-6-2-3-7-16(15)21-17/h2-3,6-7,9,13H,4-5,8,10-11H2,1H3. The summed E-state index contributed by atoms with van der Waals surface area (Å²) in [6.45, 7) is 4.78. The summed E-state index contributed by atoms with van der Waals surface area (Å²) in [6, 6.07) is 9.96. The number of oxazole rings is 1. The van der Waals surface area contributed by atoms with E-state index in [0.29, 0.717) is 5.92 Å². The third-order valence-electron chi connectivity index (χ3n) is 4.22.